The fourth-order valence-corrected chi connectivity index (χ4v) is 0.993. The molecule has 0 fully saturated rings. The van der Waals surface area contributed by atoms with Crippen LogP contribution in [0.3, 0.4) is 0 Å². The summed E-state index contributed by atoms with van der Waals surface area (Å²) in [6.07, 6.45) is 2.30. The van der Waals surface area contributed by atoms with E-state index in [1.54, 1.807) is 0 Å². The van der Waals surface area contributed by atoms with E-state index in [-0.39, 0.29) is 0 Å². The van der Waals surface area contributed by atoms with E-state index in [0.29, 0.717) is 12.0 Å². The predicted molar refractivity (Wildman–Crippen MR) is 51.7 cm³/mol. The van der Waals surface area contributed by atoms with Gasteiger partial charge in [-0.05, 0) is 12.8 Å². The van der Waals surface area contributed by atoms with Gasteiger partial charge in [-0.15, -0.1) is 0 Å². The average molecular weight is 155 g/mol. The molecule has 66 valence electrons. The molecule has 0 aromatic heterocycles. The highest BCUT2D eigenvalue weighted by molar-refractivity contribution is 5.01. The molecule has 0 atom stereocenters. The molecule has 0 rings (SSSR count). The highest BCUT2D eigenvalue weighted by Crippen LogP contribution is 2.00. The fourth-order valence-electron chi connectivity index (χ4n) is 0.993. The second-order valence-electron chi connectivity index (χ2n) is 3.79. The van der Waals surface area contributed by atoms with Crippen molar-refractivity contribution in [2.24, 2.45) is 5.92 Å². The molecule has 0 saturated heterocycles. The van der Waals surface area contributed by atoms with Crippen molar-refractivity contribution in [1.29, 1.82) is 0 Å². The van der Waals surface area contributed by atoms with E-state index < -0.39 is 0 Å². The average Bonchev–Trinajstić information content (AvgIpc) is 1.82. The third kappa shape index (κ3) is 7.60. The maximum Gasteiger partial charge on any atom is 0.0164 e. The zero-order valence-electron chi connectivity index (χ0n) is 8.44. The van der Waals surface area contributed by atoms with Gasteiger partial charge in [0.1, 0.15) is 0 Å². The normalized spacial score (nSPS) is 13.2. The van der Waals surface area contributed by atoms with E-state index >= 15 is 0 Å². The lowest BCUT2D eigenvalue weighted by atomic mass is 10.1. The molecule has 0 heterocycles. The van der Waals surface area contributed by atoms with E-state index in [4.69, 9.17) is 0 Å². The largest absolute Gasteiger partial charge is 0.311 e. The topological polar surface area (TPSA) is 12.0 Å². The molecule has 0 aliphatic carbocycles. The van der Waals surface area contributed by atoms with Gasteiger partial charge in [-0.25, -0.2) is 0 Å². The van der Waals surface area contributed by atoms with Crippen LogP contribution < -0.4 is 5.32 Å². The van der Waals surface area contributed by atoms with Gasteiger partial charge in [-0.3, -0.25) is 0 Å². The lowest BCUT2D eigenvalue weighted by Gasteiger charge is -2.08. The molecule has 0 saturated carbocycles. The molecule has 1 N–H and O–H groups in total. The monoisotopic (exact) mass is 155 g/mol. The van der Waals surface area contributed by atoms with Crippen LogP contribution in [0.25, 0.3) is 0 Å². The Morgan fingerprint density at radius 2 is 1.82 bits per heavy atom. The van der Waals surface area contributed by atoms with Crippen LogP contribution in [0.4, 0.5) is 0 Å². The lowest BCUT2D eigenvalue weighted by molar-refractivity contribution is 0.618. The smallest absolute Gasteiger partial charge is 0.0164 e. The first-order valence-electron chi connectivity index (χ1n) is 4.43. The van der Waals surface area contributed by atoms with Gasteiger partial charge in [-0.1, -0.05) is 39.3 Å². The summed E-state index contributed by atoms with van der Waals surface area (Å²) < 4.78 is 0. The van der Waals surface area contributed by atoms with Crippen molar-refractivity contribution >= 4 is 0 Å². The molecule has 0 amide bonds. The molecule has 1 heteroatoms. The maximum atomic E-state index is 3.38. The summed E-state index contributed by atoms with van der Waals surface area (Å²) in [7, 11) is 0. The summed E-state index contributed by atoms with van der Waals surface area (Å²) in [4.78, 5) is 0. The van der Waals surface area contributed by atoms with E-state index in [1.807, 2.05) is 0 Å². The molecule has 0 aliphatic heterocycles. The minimum atomic E-state index is 0.588. The Labute approximate surface area is 70.9 Å². The van der Waals surface area contributed by atoms with Gasteiger partial charge in [-0.2, -0.15) is 0 Å². The summed E-state index contributed by atoms with van der Waals surface area (Å²) in [5, 5.41) is 3.38. The summed E-state index contributed by atoms with van der Waals surface area (Å²) >= 11 is 0. The van der Waals surface area contributed by atoms with Gasteiger partial charge >= 0.3 is 0 Å². The lowest BCUT2D eigenvalue weighted by Crippen LogP contribution is -2.24. The molecule has 0 unspecified atom stereocenters. The highest BCUT2D eigenvalue weighted by atomic mass is 14.9. The Balaban J connectivity index is 3.59. The Morgan fingerprint density at radius 3 is 2.18 bits per heavy atom. The third-order valence-electron chi connectivity index (χ3n) is 1.41. The number of hydrogen-bond donors (Lipinski definition) is 1. The van der Waals surface area contributed by atoms with E-state index in [1.165, 1.54) is 5.57 Å². The van der Waals surface area contributed by atoms with Gasteiger partial charge in [0.15, 0.2) is 0 Å². The van der Waals surface area contributed by atoms with Gasteiger partial charge < -0.3 is 5.32 Å². The maximum absolute atomic E-state index is 3.38. The van der Waals surface area contributed by atoms with Crippen LogP contribution in [-0.4, -0.2) is 12.6 Å². The Kier molecular flexibility index (Phi) is 5.22. The number of rotatable bonds is 4. The molecular formula is C10H21N. The van der Waals surface area contributed by atoms with Gasteiger partial charge in [0.2, 0.25) is 0 Å². The molecule has 0 aliphatic rings. The second kappa shape index (κ2) is 5.36. The van der Waals surface area contributed by atoms with Crippen molar-refractivity contribution < 1.29 is 0 Å². The van der Waals surface area contributed by atoms with Gasteiger partial charge in [0.25, 0.3) is 0 Å². The van der Waals surface area contributed by atoms with E-state index in [0.717, 1.165) is 6.54 Å². The van der Waals surface area contributed by atoms with Crippen molar-refractivity contribution in [3.8, 4) is 0 Å². The van der Waals surface area contributed by atoms with Crippen LogP contribution in [0.5, 0.6) is 0 Å². The molecule has 0 radical (unpaired) electrons. The summed E-state index contributed by atoms with van der Waals surface area (Å²) in [6.45, 7) is 12.0. The highest BCUT2D eigenvalue weighted by Gasteiger charge is 1.93. The van der Waals surface area contributed by atoms with Crippen LogP contribution in [0.1, 0.15) is 34.6 Å². The fraction of sp³-hybridized carbons (Fsp3) is 0.800. The number of nitrogens with one attached hydrogen (secondary N) is 1. The molecule has 1 nitrogen and oxygen atoms in total. The van der Waals surface area contributed by atoms with Crippen LogP contribution in [0, 0.1) is 5.92 Å². The summed E-state index contributed by atoms with van der Waals surface area (Å²) in [6, 6.07) is 0.588. The Morgan fingerprint density at radius 1 is 1.27 bits per heavy atom. The zero-order chi connectivity index (χ0) is 8.85. The van der Waals surface area contributed by atoms with Crippen LogP contribution in [-0.2, 0) is 0 Å². The van der Waals surface area contributed by atoms with E-state index in [2.05, 4.69) is 46.0 Å². The van der Waals surface area contributed by atoms with Crippen LogP contribution in [0.15, 0.2) is 11.6 Å². The molecule has 11 heavy (non-hydrogen) atoms. The Hall–Kier alpha value is -0.300. The number of allylic oxidation sites excluding steroid dienone is 1. The Bertz CT molecular complexity index is 123. The van der Waals surface area contributed by atoms with E-state index in [9.17, 15) is 0 Å². The van der Waals surface area contributed by atoms with Crippen molar-refractivity contribution in [3.63, 3.8) is 0 Å². The first kappa shape index (κ1) is 10.7. The predicted octanol–water partition coefficient (Wildman–Crippen LogP) is 2.59. The van der Waals surface area contributed by atoms with Gasteiger partial charge in [0.05, 0.1) is 0 Å². The molecular weight excluding hydrogens is 134 g/mol. The minimum absolute atomic E-state index is 0.588. The third-order valence-corrected chi connectivity index (χ3v) is 1.41. The second-order valence-corrected chi connectivity index (χ2v) is 3.79. The van der Waals surface area contributed by atoms with Crippen molar-refractivity contribution in [2.45, 2.75) is 40.7 Å². The summed E-state index contributed by atoms with van der Waals surface area (Å²) in [5.74, 6) is 0.670. The van der Waals surface area contributed by atoms with Crippen molar-refractivity contribution in [3.05, 3.63) is 11.6 Å². The first-order chi connectivity index (χ1) is 5.02. The molecule has 0 spiro atoms. The quantitative estimate of drug-likeness (QED) is 0.615. The van der Waals surface area contributed by atoms with Gasteiger partial charge in [0, 0.05) is 12.6 Å². The van der Waals surface area contributed by atoms with Crippen molar-refractivity contribution in [2.75, 3.05) is 6.54 Å². The molecule has 0 bridgehead atoms. The minimum Gasteiger partial charge on any atom is -0.311 e. The summed E-state index contributed by atoms with van der Waals surface area (Å²) in [5.41, 5.74) is 1.44. The molecule has 0 aromatic rings. The molecule has 0 aromatic carbocycles. The SMILES string of the molecule is CC(=CC(C)C)CNC(C)C. The zero-order valence-corrected chi connectivity index (χ0v) is 8.44. The number of hydrogen-bond acceptors (Lipinski definition) is 1. The van der Waals surface area contributed by atoms with Crippen molar-refractivity contribution in [1.82, 2.24) is 5.32 Å². The van der Waals surface area contributed by atoms with Crippen LogP contribution >= 0.6 is 0 Å². The standard InChI is InChI=1S/C10H21N/c1-8(2)6-10(5)7-11-9(3)4/h6,8-9,11H,7H2,1-5H3. The van der Waals surface area contributed by atoms with Crippen LogP contribution in [0.2, 0.25) is 0 Å². The first-order valence-corrected chi connectivity index (χ1v) is 4.43.